The minimum Gasteiger partial charge on any atom is -0.416 e. The van der Waals surface area contributed by atoms with Crippen molar-refractivity contribution >= 4 is 43.6 Å². The summed E-state index contributed by atoms with van der Waals surface area (Å²) in [6.45, 7) is 0. The summed E-state index contributed by atoms with van der Waals surface area (Å²) in [6, 6.07) is 68.5. The molecule has 0 spiro atoms. The predicted molar refractivity (Wildman–Crippen MR) is 225 cm³/mol. The van der Waals surface area contributed by atoms with Crippen molar-refractivity contribution in [3.63, 3.8) is 0 Å². The molecular weight excluding hydrogens is 673 g/mol. The van der Waals surface area contributed by atoms with Gasteiger partial charge in [-0.1, -0.05) is 115 Å². The van der Waals surface area contributed by atoms with Crippen LogP contribution in [0, 0.1) is 0 Å². The van der Waals surface area contributed by atoms with E-state index in [2.05, 4.69) is 201 Å². The Morgan fingerprint density at radius 2 is 0.709 bits per heavy atom. The first-order chi connectivity index (χ1) is 27.3. The fourth-order valence-corrected chi connectivity index (χ4v) is 8.10. The van der Waals surface area contributed by atoms with Gasteiger partial charge in [-0.3, -0.25) is 0 Å². The van der Waals surface area contributed by atoms with E-state index < -0.39 is 0 Å². The van der Waals surface area contributed by atoms with E-state index in [1.165, 1.54) is 43.6 Å². The van der Waals surface area contributed by atoms with E-state index in [0.29, 0.717) is 11.8 Å². The number of nitrogens with zero attached hydrogens (tertiary/aromatic N) is 4. The van der Waals surface area contributed by atoms with Crippen LogP contribution in [0.15, 0.2) is 199 Å². The van der Waals surface area contributed by atoms with Crippen molar-refractivity contribution in [1.82, 2.24) is 19.3 Å². The van der Waals surface area contributed by atoms with E-state index in [9.17, 15) is 0 Å². The number of benzene rings is 8. The summed E-state index contributed by atoms with van der Waals surface area (Å²) >= 11 is 0. The standard InChI is InChI=1S/C50H32N4O/c1-2-12-39(13-3-1)53-47-20-9-6-17-43(47)44-32-38(29-30-48(44)53)34-23-27-36(28-24-34)50-52-51-49(55-50)35-25-21-33(22-26-35)37-11-10-14-40(31-37)54-45-18-7-4-15-41(45)42-16-5-8-19-46(42)54/h1-32H. The molecule has 5 nitrogen and oxygen atoms in total. The highest BCUT2D eigenvalue weighted by Gasteiger charge is 2.16. The molecule has 0 radical (unpaired) electrons. The quantitative estimate of drug-likeness (QED) is 0.173. The summed E-state index contributed by atoms with van der Waals surface area (Å²) in [4.78, 5) is 0. The molecule has 0 aliphatic rings. The minimum absolute atomic E-state index is 0.491. The zero-order valence-corrected chi connectivity index (χ0v) is 29.7. The van der Waals surface area contributed by atoms with Crippen LogP contribution in [0.25, 0.3) is 100 Å². The van der Waals surface area contributed by atoms with Gasteiger partial charge in [0.25, 0.3) is 0 Å². The van der Waals surface area contributed by atoms with E-state index in [-0.39, 0.29) is 0 Å². The Kier molecular flexibility index (Phi) is 7.10. The van der Waals surface area contributed by atoms with E-state index in [1.807, 2.05) is 12.1 Å². The highest BCUT2D eigenvalue weighted by Crippen LogP contribution is 2.37. The molecule has 11 rings (SSSR count). The van der Waals surface area contributed by atoms with Crippen LogP contribution in [-0.2, 0) is 0 Å². The molecule has 0 aliphatic carbocycles. The van der Waals surface area contributed by atoms with Gasteiger partial charge in [0.15, 0.2) is 0 Å². The number of aromatic nitrogens is 4. The van der Waals surface area contributed by atoms with Crippen LogP contribution in [0.4, 0.5) is 0 Å². The van der Waals surface area contributed by atoms with Gasteiger partial charge >= 0.3 is 0 Å². The van der Waals surface area contributed by atoms with Gasteiger partial charge in [-0.25, -0.2) is 0 Å². The van der Waals surface area contributed by atoms with Crippen LogP contribution in [0.2, 0.25) is 0 Å². The second-order valence-corrected chi connectivity index (χ2v) is 13.9. The van der Waals surface area contributed by atoms with E-state index in [1.54, 1.807) is 0 Å². The molecule has 0 saturated heterocycles. The van der Waals surface area contributed by atoms with E-state index in [4.69, 9.17) is 4.42 Å². The highest BCUT2D eigenvalue weighted by atomic mass is 16.4. The van der Waals surface area contributed by atoms with Gasteiger partial charge in [-0.15, -0.1) is 10.2 Å². The summed E-state index contributed by atoms with van der Waals surface area (Å²) in [7, 11) is 0. The molecule has 0 amide bonds. The molecule has 55 heavy (non-hydrogen) atoms. The Labute approximate surface area is 317 Å². The summed E-state index contributed by atoms with van der Waals surface area (Å²) in [6.07, 6.45) is 0. The van der Waals surface area contributed by atoms with Crippen molar-refractivity contribution in [3.8, 4) is 56.5 Å². The smallest absolute Gasteiger partial charge is 0.248 e. The second kappa shape index (κ2) is 12.6. The van der Waals surface area contributed by atoms with Crippen LogP contribution in [0.5, 0.6) is 0 Å². The molecule has 0 aliphatic heterocycles. The summed E-state index contributed by atoms with van der Waals surface area (Å²) in [5.74, 6) is 0.982. The Morgan fingerprint density at radius 3 is 1.29 bits per heavy atom. The van der Waals surface area contributed by atoms with Crippen molar-refractivity contribution in [2.24, 2.45) is 0 Å². The van der Waals surface area contributed by atoms with Crippen molar-refractivity contribution in [3.05, 3.63) is 194 Å². The molecule has 0 fully saturated rings. The largest absolute Gasteiger partial charge is 0.416 e. The first kappa shape index (κ1) is 31.1. The van der Waals surface area contributed by atoms with Gasteiger partial charge < -0.3 is 13.6 Å². The molecule has 8 aromatic carbocycles. The Hall–Kier alpha value is -7.50. The van der Waals surface area contributed by atoms with Gasteiger partial charge in [-0.2, -0.15) is 0 Å². The number of rotatable bonds is 6. The lowest BCUT2D eigenvalue weighted by atomic mass is 10.0. The molecule has 11 aromatic rings. The predicted octanol–water partition coefficient (Wildman–Crippen LogP) is 12.9. The number of fused-ring (bicyclic) bond motifs is 6. The summed E-state index contributed by atoms with van der Waals surface area (Å²) in [5.41, 5.74) is 13.3. The van der Waals surface area contributed by atoms with Crippen molar-refractivity contribution in [2.75, 3.05) is 0 Å². The SMILES string of the molecule is c1ccc(-n2c3ccccc3c3cc(-c4ccc(-c5nnc(-c6ccc(-c7cccc(-n8c9ccccc9c9ccccc98)c7)cc6)o5)cc4)ccc32)cc1. The molecule has 0 saturated carbocycles. The number of para-hydroxylation sites is 4. The Morgan fingerprint density at radius 1 is 0.291 bits per heavy atom. The van der Waals surface area contributed by atoms with Crippen LogP contribution in [-0.4, -0.2) is 19.3 Å². The zero-order chi connectivity index (χ0) is 36.3. The highest BCUT2D eigenvalue weighted by molar-refractivity contribution is 6.11. The van der Waals surface area contributed by atoms with Crippen LogP contribution >= 0.6 is 0 Å². The molecule has 0 bridgehead atoms. The van der Waals surface area contributed by atoms with Crippen LogP contribution in [0.3, 0.4) is 0 Å². The normalized spacial score (nSPS) is 11.6. The fourth-order valence-electron chi connectivity index (χ4n) is 8.10. The molecule has 3 heterocycles. The maximum atomic E-state index is 6.22. The third kappa shape index (κ3) is 5.17. The lowest BCUT2D eigenvalue weighted by Crippen LogP contribution is -1.94. The number of hydrogen-bond acceptors (Lipinski definition) is 3. The van der Waals surface area contributed by atoms with Gasteiger partial charge in [0, 0.05) is 44.0 Å². The average molecular weight is 705 g/mol. The molecule has 0 atom stereocenters. The lowest BCUT2D eigenvalue weighted by molar-refractivity contribution is 0.584. The van der Waals surface area contributed by atoms with Crippen molar-refractivity contribution in [1.29, 1.82) is 0 Å². The molecule has 258 valence electrons. The topological polar surface area (TPSA) is 48.8 Å². The summed E-state index contributed by atoms with van der Waals surface area (Å²) < 4.78 is 10.9. The first-order valence-electron chi connectivity index (χ1n) is 18.5. The van der Waals surface area contributed by atoms with Gasteiger partial charge in [0.1, 0.15) is 0 Å². The van der Waals surface area contributed by atoms with Gasteiger partial charge in [0.2, 0.25) is 11.8 Å². The Balaban J connectivity index is 0.860. The molecule has 0 N–H and O–H groups in total. The molecule has 5 heteroatoms. The van der Waals surface area contributed by atoms with Crippen molar-refractivity contribution in [2.45, 2.75) is 0 Å². The monoisotopic (exact) mass is 704 g/mol. The molecule has 0 unspecified atom stereocenters. The van der Waals surface area contributed by atoms with Gasteiger partial charge in [-0.05, 0) is 101 Å². The fraction of sp³-hybridized carbons (Fsp3) is 0. The van der Waals surface area contributed by atoms with Crippen molar-refractivity contribution < 1.29 is 4.42 Å². The third-order valence-corrected chi connectivity index (χ3v) is 10.7. The summed E-state index contributed by atoms with van der Waals surface area (Å²) in [5, 5.41) is 13.8. The second-order valence-electron chi connectivity index (χ2n) is 13.9. The lowest BCUT2D eigenvalue weighted by Gasteiger charge is -2.10. The zero-order valence-electron chi connectivity index (χ0n) is 29.7. The maximum absolute atomic E-state index is 6.22. The third-order valence-electron chi connectivity index (χ3n) is 10.7. The van der Waals surface area contributed by atoms with E-state index >= 15 is 0 Å². The first-order valence-corrected chi connectivity index (χ1v) is 18.5. The Bertz CT molecular complexity index is 3130. The van der Waals surface area contributed by atoms with E-state index in [0.717, 1.165) is 44.8 Å². The van der Waals surface area contributed by atoms with Crippen LogP contribution in [0.1, 0.15) is 0 Å². The van der Waals surface area contributed by atoms with Gasteiger partial charge in [0.05, 0.1) is 22.1 Å². The average Bonchev–Trinajstić information content (AvgIpc) is 3.98. The minimum atomic E-state index is 0.491. The van der Waals surface area contributed by atoms with Crippen LogP contribution < -0.4 is 0 Å². The number of hydrogen-bond donors (Lipinski definition) is 0. The molecule has 3 aromatic heterocycles. The molecular formula is C50H32N4O. The maximum Gasteiger partial charge on any atom is 0.248 e.